The van der Waals surface area contributed by atoms with E-state index in [0.717, 1.165) is 6.07 Å². The molecule has 0 saturated carbocycles. The molecule has 22 heavy (non-hydrogen) atoms. The van der Waals surface area contributed by atoms with E-state index in [1.807, 2.05) is 0 Å². The van der Waals surface area contributed by atoms with Crippen molar-refractivity contribution < 1.29 is 27.9 Å². The van der Waals surface area contributed by atoms with E-state index in [-0.39, 0.29) is 12.1 Å². The van der Waals surface area contributed by atoms with Crippen LogP contribution in [0.25, 0.3) is 0 Å². The van der Waals surface area contributed by atoms with Crippen molar-refractivity contribution in [2.45, 2.75) is 6.54 Å². The van der Waals surface area contributed by atoms with Gasteiger partial charge in [0.15, 0.2) is 17.5 Å². The van der Waals surface area contributed by atoms with E-state index in [9.17, 15) is 22.8 Å². The van der Waals surface area contributed by atoms with E-state index in [1.54, 1.807) is 0 Å². The van der Waals surface area contributed by atoms with Crippen molar-refractivity contribution in [2.24, 2.45) is 0 Å². The van der Waals surface area contributed by atoms with Crippen molar-refractivity contribution in [3.05, 3.63) is 70.5 Å². The van der Waals surface area contributed by atoms with Crippen LogP contribution in [-0.2, 0) is 6.54 Å². The van der Waals surface area contributed by atoms with E-state index in [2.05, 4.69) is 5.32 Å². The number of carbonyl (C=O) groups excluding carboxylic acids is 1. The summed E-state index contributed by atoms with van der Waals surface area (Å²) < 4.78 is 39.3. The molecule has 0 bridgehead atoms. The van der Waals surface area contributed by atoms with Gasteiger partial charge in [0.1, 0.15) is 0 Å². The Labute approximate surface area is 123 Å². The van der Waals surface area contributed by atoms with Gasteiger partial charge in [-0.2, -0.15) is 0 Å². The van der Waals surface area contributed by atoms with Crippen molar-refractivity contribution >= 4 is 11.9 Å². The summed E-state index contributed by atoms with van der Waals surface area (Å²) in [6, 6.07) is 7.16. The molecule has 0 aliphatic carbocycles. The van der Waals surface area contributed by atoms with Crippen molar-refractivity contribution in [1.82, 2.24) is 5.32 Å². The molecule has 0 fully saturated rings. The maximum Gasteiger partial charge on any atom is 0.335 e. The van der Waals surface area contributed by atoms with Gasteiger partial charge in [-0.15, -0.1) is 0 Å². The molecule has 0 aromatic heterocycles. The summed E-state index contributed by atoms with van der Waals surface area (Å²) in [5.74, 6) is -6.63. The lowest BCUT2D eigenvalue weighted by Gasteiger charge is -2.07. The van der Waals surface area contributed by atoms with E-state index in [4.69, 9.17) is 5.11 Å². The number of halogens is 3. The molecule has 114 valence electrons. The number of hydrogen-bond acceptors (Lipinski definition) is 2. The first-order chi connectivity index (χ1) is 10.4. The highest BCUT2D eigenvalue weighted by Crippen LogP contribution is 2.15. The number of rotatable bonds is 4. The Hall–Kier alpha value is -2.83. The Kier molecular flexibility index (Phi) is 4.45. The number of amides is 1. The molecule has 2 aromatic rings. The highest BCUT2D eigenvalue weighted by Gasteiger charge is 2.18. The zero-order valence-electron chi connectivity index (χ0n) is 11.1. The topological polar surface area (TPSA) is 66.4 Å². The SMILES string of the molecule is O=C(O)c1ccc(CNC(=O)c2ccc(F)c(F)c2F)cc1. The van der Waals surface area contributed by atoms with Gasteiger partial charge in [0.05, 0.1) is 11.1 Å². The third-order valence-electron chi connectivity index (χ3n) is 2.93. The minimum absolute atomic E-state index is 0.0167. The van der Waals surface area contributed by atoms with Gasteiger partial charge >= 0.3 is 5.97 Å². The van der Waals surface area contributed by atoms with E-state index in [1.165, 1.54) is 24.3 Å². The minimum atomic E-state index is -1.71. The van der Waals surface area contributed by atoms with Gasteiger partial charge in [0.2, 0.25) is 0 Å². The Morgan fingerprint density at radius 1 is 0.955 bits per heavy atom. The lowest BCUT2D eigenvalue weighted by Crippen LogP contribution is -2.24. The van der Waals surface area contributed by atoms with Crippen LogP contribution in [0.1, 0.15) is 26.3 Å². The molecule has 0 saturated heterocycles. The molecule has 0 heterocycles. The summed E-state index contributed by atoms with van der Waals surface area (Å²) in [5.41, 5.74) is 0.0455. The Morgan fingerprint density at radius 3 is 2.18 bits per heavy atom. The van der Waals surface area contributed by atoms with Gasteiger partial charge in [-0.05, 0) is 29.8 Å². The van der Waals surface area contributed by atoms with E-state index in [0.29, 0.717) is 11.6 Å². The highest BCUT2D eigenvalue weighted by atomic mass is 19.2. The zero-order chi connectivity index (χ0) is 16.3. The maximum absolute atomic E-state index is 13.4. The van der Waals surface area contributed by atoms with Gasteiger partial charge < -0.3 is 10.4 Å². The number of hydrogen-bond donors (Lipinski definition) is 2. The molecule has 0 unspecified atom stereocenters. The Morgan fingerprint density at radius 2 is 1.59 bits per heavy atom. The van der Waals surface area contributed by atoms with Crippen LogP contribution in [0.15, 0.2) is 36.4 Å². The fourth-order valence-corrected chi connectivity index (χ4v) is 1.74. The summed E-state index contributed by atoms with van der Waals surface area (Å²) in [5, 5.41) is 11.1. The van der Waals surface area contributed by atoms with Crippen LogP contribution in [0.3, 0.4) is 0 Å². The molecule has 0 radical (unpaired) electrons. The van der Waals surface area contributed by atoms with E-state index < -0.39 is 34.9 Å². The lowest BCUT2D eigenvalue weighted by atomic mass is 10.1. The second-order valence-electron chi connectivity index (χ2n) is 4.41. The van der Waals surface area contributed by atoms with Gasteiger partial charge in [-0.3, -0.25) is 4.79 Å². The zero-order valence-corrected chi connectivity index (χ0v) is 11.1. The average molecular weight is 309 g/mol. The van der Waals surface area contributed by atoms with Gasteiger partial charge in [-0.25, -0.2) is 18.0 Å². The van der Waals surface area contributed by atoms with Crippen LogP contribution >= 0.6 is 0 Å². The summed E-state index contributed by atoms with van der Waals surface area (Å²) >= 11 is 0. The molecular formula is C15H10F3NO3. The molecule has 0 aliphatic heterocycles. The molecular weight excluding hydrogens is 299 g/mol. The monoisotopic (exact) mass is 309 g/mol. The number of benzene rings is 2. The van der Waals surface area contributed by atoms with Crippen LogP contribution in [-0.4, -0.2) is 17.0 Å². The van der Waals surface area contributed by atoms with Gasteiger partial charge in [0, 0.05) is 6.54 Å². The Bertz CT molecular complexity index is 730. The van der Waals surface area contributed by atoms with Crippen molar-refractivity contribution in [1.29, 1.82) is 0 Å². The summed E-state index contributed by atoms with van der Waals surface area (Å²) in [7, 11) is 0. The number of nitrogens with one attached hydrogen (secondary N) is 1. The second kappa shape index (κ2) is 6.30. The first-order valence-corrected chi connectivity index (χ1v) is 6.14. The van der Waals surface area contributed by atoms with Crippen LogP contribution in [0.5, 0.6) is 0 Å². The van der Waals surface area contributed by atoms with Gasteiger partial charge in [-0.1, -0.05) is 12.1 Å². The lowest BCUT2D eigenvalue weighted by molar-refractivity contribution is 0.0696. The fraction of sp³-hybridized carbons (Fsp3) is 0.0667. The molecule has 0 aliphatic rings. The summed E-state index contributed by atoms with van der Waals surface area (Å²) in [4.78, 5) is 22.4. The molecule has 1 amide bonds. The number of carboxylic acid groups (broad SMARTS) is 1. The maximum atomic E-state index is 13.4. The first-order valence-electron chi connectivity index (χ1n) is 6.14. The fourth-order valence-electron chi connectivity index (χ4n) is 1.74. The molecule has 2 rings (SSSR count). The third kappa shape index (κ3) is 3.25. The summed E-state index contributed by atoms with van der Waals surface area (Å²) in [6.07, 6.45) is 0. The highest BCUT2D eigenvalue weighted by molar-refractivity contribution is 5.94. The van der Waals surface area contributed by atoms with Crippen LogP contribution in [0, 0.1) is 17.5 Å². The minimum Gasteiger partial charge on any atom is -0.478 e. The van der Waals surface area contributed by atoms with Crippen molar-refractivity contribution in [3.63, 3.8) is 0 Å². The number of carbonyl (C=O) groups is 2. The van der Waals surface area contributed by atoms with Crippen molar-refractivity contribution in [2.75, 3.05) is 0 Å². The molecule has 0 spiro atoms. The van der Waals surface area contributed by atoms with Crippen LogP contribution in [0.4, 0.5) is 13.2 Å². The predicted octanol–water partition coefficient (Wildman–Crippen LogP) is 2.73. The quantitative estimate of drug-likeness (QED) is 0.853. The summed E-state index contributed by atoms with van der Waals surface area (Å²) in [6.45, 7) is -0.0167. The number of carboxylic acids is 1. The molecule has 4 nitrogen and oxygen atoms in total. The van der Waals surface area contributed by atoms with Gasteiger partial charge in [0.25, 0.3) is 5.91 Å². The normalized spacial score (nSPS) is 10.3. The third-order valence-corrected chi connectivity index (χ3v) is 2.93. The molecule has 7 heteroatoms. The molecule has 2 aromatic carbocycles. The first kappa shape index (κ1) is 15.6. The second-order valence-corrected chi connectivity index (χ2v) is 4.41. The Balaban J connectivity index is 2.07. The standard InChI is InChI=1S/C15H10F3NO3/c16-11-6-5-10(12(17)13(11)18)14(20)19-7-8-1-3-9(4-2-8)15(21)22/h1-6H,7H2,(H,19,20)(H,21,22). The van der Waals surface area contributed by atoms with E-state index >= 15 is 0 Å². The molecule has 0 atom stereocenters. The van der Waals surface area contributed by atoms with Crippen molar-refractivity contribution in [3.8, 4) is 0 Å². The molecule has 2 N–H and O–H groups in total. The predicted molar refractivity (Wildman–Crippen MR) is 70.9 cm³/mol. The largest absolute Gasteiger partial charge is 0.478 e. The average Bonchev–Trinajstić information content (AvgIpc) is 2.51. The smallest absolute Gasteiger partial charge is 0.335 e. The van der Waals surface area contributed by atoms with Crippen LogP contribution < -0.4 is 5.32 Å². The number of aromatic carboxylic acids is 1. The van der Waals surface area contributed by atoms with Crippen LogP contribution in [0.2, 0.25) is 0 Å².